The van der Waals surface area contributed by atoms with Gasteiger partial charge in [0, 0.05) is 18.8 Å². The molecule has 196 valence electrons. The van der Waals surface area contributed by atoms with Gasteiger partial charge in [0.1, 0.15) is 5.82 Å². The van der Waals surface area contributed by atoms with Gasteiger partial charge in [-0.15, -0.1) is 0 Å². The Hall–Kier alpha value is -3.78. The molecule has 5 rings (SSSR count). The Morgan fingerprint density at radius 2 is 1.76 bits per heavy atom. The van der Waals surface area contributed by atoms with Crippen LogP contribution in [0.1, 0.15) is 55.6 Å². The molecular weight excluding hydrogens is 498 g/mol. The third kappa shape index (κ3) is 4.88. The van der Waals surface area contributed by atoms with Gasteiger partial charge in [-0.3, -0.25) is 14.3 Å². The van der Waals surface area contributed by atoms with Crippen LogP contribution in [0.5, 0.6) is 5.88 Å². The fourth-order valence-electron chi connectivity index (χ4n) is 5.01. The zero-order chi connectivity index (χ0) is 26.9. The van der Waals surface area contributed by atoms with E-state index in [0.29, 0.717) is 12.2 Å². The fraction of sp³-hybridized carbons (Fsp3) is 0.300. The van der Waals surface area contributed by atoms with Crippen LogP contribution in [0, 0.1) is 12.8 Å². The smallest absolute Gasteiger partial charge is 0.296 e. The number of pyridine rings is 1. The van der Waals surface area contributed by atoms with Crippen molar-refractivity contribution in [3.8, 4) is 17.0 Å². The molecule has 0 spiro atoms. The Kier molecular flexibility index (Phi) is 7.17. The van der Waals surface area contributed by atoms with Crippen LogP contribution in [0.2, 0.25) is 0 Å². The van der Waals surface area contributed by atoms with Crippen LogP contribution in [0.3, 0.4) is 0 Å². The topological polar surface area (TPSA) is 102 Å². The zero-order valence-electron chi connectivity index (χ0n) is 21.5. The molecule has 1 unspecified atom stereocenters. The second-order valence-corrected chi connectivity index (χ2v) is 11.8. The van der Waals surface area contributed by atoms with Crippen molar-refractivity contribution in [3.05, 3.63) is 100 Å². The highest BCUT2D eigenvalue weighted by Crippen LogP contribution is 2.46. The van der Waals surface area contributed by atoms with E-state index in [2.05, 4.69) is 9.97 Å². The Morgan fingerprint density at radius 1 is 1.05 bits per heavy atom. The highest BCUT2D eigenvalue weighted by molar-refractivity contribution is 7.91. The maximum absolute atomic E-state index is 13.8. The van der Waals surface area contributed by atoms with Gasteiger partial charge in [0.15, 0.2) is 4.90 Å². The molecule has 38 heavy (non-hydrogen) atoms. The summed E-state index contributed by atoms with van der Waals surface area (Å²) in [7, 11) is -4.35. The number of hydrogen-bond acceptors (Lipinski definition) is 6. The van der Waals surface area contributed by atoms with Crippen LogP contribution in [0.25, 0.3) is 11.1 Å². The lowest BCUT2D eigenvalue weighted by atomic mass is 10.0. The minimum absolute atomic E-state index is 0.0716. The van der Waals surface area contributed by atoms with Crippen LogP contribution >= 0.6 is 0 Å². The Morgan fingerprint density at radius 3 is 2.39 bits per heavy atom. The summed E-state index contributed by atoms with van der Waals surface area (Å²) in [4.78, 5) is 20.8. The third-order valence-corrected chi connectivity index (χ3v) is 8.93. The van der Waals surface area contributed by atoms with E-state index >= 15 is 0 Å². The van der Waals surface area contributed by atoms with Gasteiger partial charge in [-0.05, 0) is 72.6 Å². The molecule has 1 aliphatic rings. The largest absolute Gasteiger partial charge is 0.493 e. The van der Waals surface area contributed by atoms with Crippen molar-refractivity contribution in [2.75, 3.05) is 0 Å². The molecule has 2 aromatic carbocycles. The number of aromatic nitrogens is 3. The van der Waals surface area contributed by atoms with E-state index in [-0.39, 0.29) is 16.9 Å². The molecule has 8 heteroatoms. The van der Waals surface area contributed by atoms with Crippen LogP contribution in [-0.2, 0) is 16.3 Å². The van der Waals surface area contributed by atoms with E-state index in [9.17, 15) is 18.3 Å². The first kappa shape index (κ1) is 25.9. The number of rotatable bonds is 9. The first-order valence-electron chi connectivity index (χ1n) is 13.0. The summed E-state index contributed by atoms with van der Waals surface area (Å²) in [5.74, 6) is 0.106. The normalized spacial score (nSPS) is 14.4. The molecule has 1 fully saturated rings. The number of aromatic hydroxyl groups is 1. The molecule has 2 heterocycles. The summed E-state index contributed by atoms with van der Waals surface area (Å²) >= 11 is 0. The average Bonchev–Trinajstić information content (AvgIpc) is 3.75. The number of nitrogens with zero attached hydrogens (tertiary/aromatic N) is 3. The van der Waals surface area contributed by atoms with Crippen molar-refractivity contribution in [1.29, 1.82) is 0 Å². The van der Waals surface area contributed by atoms with Gasteiger partial charge in [-0.2, -0.15) is 4.98 Å². The highest BCUT2D eigenvalue weighted by atomic mass is 32.2. The predicted octanol–water partition coefficient (Wildman–Crippen LogP) is 5.49. The van der Waals surface area contributed by atoms with Crippen LogP contribution in [-0.4, -0.2) is 28.1 Å². The molecule has 1 atom stereocenters. The minimum atomic E-state index is -4.35. The molecule has 1 N–H and O–H groups in total. The molecule has 0 saturated heterocycles. The van der Waals surface area contributed by atoms with Crippen LogP contribution in [0.4, 0.5) is 0 Å². The van der Waals surface area contributed by atoms with Crippen molar-refractivity contribution in [1.82, 2.24) is 14.5 Å². The maximum atomic E-state index is 13.8. The summed E-state index contributed by atoms with van der Waals surface area (Å²) in [6.07, 6.45) is 7.44. The summed E-state index contributed by atoms with van der Waals surface area (Å²) in [6.45, 7) is 3.97. The van der Waals surface area contributed by atoms with Gasteiger partial charge < -0.3 is 5.11 Å². The number of unbranched alkanes of at least 4 members (excludes halogenated alkanes) is 1. The van der Waals surface area contributed by atoms with Gasteiger partial charge in [-0.25, -0.2) is 8.42 Å². The molecule has 2 aromatic heterocycles. The number of aryl methyl sites for hydroxylation is 2. The molecule has 4 aromatic rings. The van der Waals surface area contributed by atoms with Gasteiger partial charge in [0.2, 0.25) is 15.7 Å². The van der Waals surface area contributed by atoms with Crippen molar-refractivity contribution >= 4 is 9.84 Å². The van der Waals surface area contributed by atoms with Crippen molar-refractivity contribution in [2.45, 2.75) is 61.8 Å². The highest BCUT2D eigenvalue weighted by Gasteiger charge is 2.38. The van der Waals surface area contributed by atoms with Crippen molar-refractivity contribution in [3.63, 3.8) is 0 Å². The summed E-state index contributed by atoms with van der Waals surface area (Å²) in [5, 5.41) is 11.6. The Balaban J connectivity index is 1.64. The van der Waals surface area contributed by atoms with Gasteiger partial charge >= 0.3 is 0 Å². The lowest BCUT2D eigenvalue weighted by Gasteiger charge is -2.26. The van der Waals surface area contributed by atoms with E-state index in [4.69, 9.17) is 0 Å². The molecular formula is C30H31N3O4S. The third-order valence-electron chi connectivity index (χ3n) is 7.14. The van der Waals surface area contributed by atoms with E-state index in [0.717, 1.165) is 47.9 Å². The molecule has 0 radical (unpaired) electrons. The summed E-state index contributed by atoms with van der Waals surface area (Å²) < 4.78 is 29.2. The SMILES string of the molecule is CCCCc1nc(=O)c(S(=O)(=O)c2ccc(-c3ccncc3C)cc2)c(O)n1C(c1ccccc1)C1CC1. The van der Waals surface area contributed by atoms with Gasteiger partial charge in [0.25, 0.3) is 5.56 Å². The van der Waals surface area contributed by atoms with Gasteiger partial charge in [-0.1, -0.05) is 55.8 Å². The summed E-state index contributed by atoms with van der Waals surface area (Å²) in [6, 6.07) is 17.6. The quantitative estimate of drug-likeness (QED) is 0.307. The maximum Gasteiger partial charge on any atom is 0.296 e. The Bertz CT molecular complexity index is 1610. The second-order valence-electron chi connectivity index (χ2n) is 9.87. The molecule has 1 saturated carbocycles. The monoisotopic (exact) mass is 529 g/mol. The molecule has 0 amide bonds. The number of sulfone groups is 1. The zero-order valence-corrected chi connectivity index (χ0v) is 22.4. The van der Waals surface area contributed by atoms with Crippen LogP contribution in [0.15, 0.2) is 87.6 Å². The fourth-order valence-corrected chi connectivity index (χ4v) is 6.36. The standard InChI is InChI=1S/C30H31N3O4S/c1-3-4-10-26-32-29(34)28(30(35)33(26)27(23-11-12-23)22-8-6-5-7-9-22)38(36,37)24-15-13-21(14-16-24)25-17-18-31-19-20(25)2/h5-9,13-19,23,27,35H,3-4,10-12H2,1-2H3. The van der Waals surface area contributed by atoms with E-state index in [1.54, 1.807) is 29.1 Å². The lowest BCUT2D eigenvalue weighted by Crippen LogP contribution is -2.28. The Labute approximate surface area is 222 Å². The number of benzene rings is 2. The van der Waals surface area contributed by atoms with E-state index < -0.39 is 26.2 Å². The second kappa shape index (κ2) is 10.5. The van der Waals surface area contributed by atoms with Crippen LogP contribution < -0.4 is 5.56 Å². The average molecular weight is 530 g/mol. The van der Waals surface area contributed by atoms with Crippen molar-refractivity contribution < 1.29 is 13.5 Å². The first-order chi connectivity index (χ1) is 18.3. The van der Waals surface area contributed by atoms with E-state index in [1.807, 2.05) is 50.2 Å². The molecule has 7 nitrogen and oxygen atoms in total. The minimum Gasteiger partial charge on any atom is -0.493 e. The molecule has 0 bridgehead atoms. The van der Waals surface area contributed by atoms with Crippen molar-refractivity contribution in [2.24, 2.45) is 5.92 Å². The first-order valence-corrected chi connectivity index (χ1v) is 14.5. The van der Waals surface area contributed by atoms with E-state index in [1.165, 1.54) is 12.1 Å². The van der Waals surface area contributed by atoms with Gasteiger partial charge in [0.05, 0.1) is 10.9 Å². The predicted molar refractivity (Wildman–Crippen MR) is 146 cm³/mol. The summed E-state index contributed by atoms with van der Waals surface area (Å²) in [5.41, 5.74) is 2.75. The number of hydrogen-bond donors (Lipinski definition) is 1. The molecule has 1 aliphatic carbocycles. The molecule has 0 aliphatic heterocycles. The lowest BCUT2D eigenvalue weighted by molar-refractivity contribution is 0.348.